The van der Waals surface area contributed by atoms with E-state index in [2.05, 4.69) is 39.6 Å². The van der Waals surface area contributed by atoms with Crippen LogP contribution in [-0.2, 0) is 4.74 Å². The summed E-state index contributed by atoms with van der Waals surface area (Å²) in [6.45, 7) is 12.5. The van der Waals surface area contributed by atoms with Crippen LogP contribution in [-0.4, -0.2) is 23.2 Å². The highest BCUT2D eigenvalue weighted by Crippen LogP contribution is 2.37. The van der Waals surface area contributed by atoms with E-state index in [1.807, 2.05) is 24.3 Å². The lowest BCUT2D eigenvalue weighted by atomic mass is 9.71. The molecule has 0 aromatic heterocycles. The van der Waals surface area contributed by atoms with Crippen LogP contribution < -0.4 is 5.32 Å². The first-order valence-corrected chi connectivity index (χ1v) is 7.91. The number of carbonyl (C=O) groups is 1. The summed E-state index contributed by atoms with van der Waals surface area (Å²) in [4.78, 5) is 12.4. The maximum atomic E-state index is 12.4. The first-order chi connectivity index (χ1) is 10.2. The number of rotatable bonds is 4. The largest absolute Gasteiger partial charge is 0.458 e. The molecule has 3 nitrogen and oxygen atoms in total. The number of allylic oxidation sites excluding steroid dienone is 1. The molecule has 0 amide bonds. The van der Waals surface area contributed by atoms with E-state index in [9.17, 15) is 4.79 Å². The number of esters is 1. The molecule has 22 heavy (non-hydrogen) atoms. The summed E-state index contributed by atoms with van der Waals surface area (Å²) in [5.41, 5.74) is 0.425. The van der Waals surface area contributed by atoms with E-state index < -0.39 is 0 Å². The van der Waals surface area contributed by atoms with Gasteiger partial charge in [0.05, 0.1) is 5.56 Å². The number of nitrogens with one attached hydrogen (secondary N) is 1. The van der Waals surface area contributed by atoms with Gasteiger partial charge in [0.2, 0.25) is 0 Å². The second kappa shape index (κ2) is 6.25. The Morgan fingerprint density at radius 2 is 1.95 bits per heavy atom. The van der Waals surface area contributed by atoms with Crippen LogP contribution in [0.2, 0.25) is 0 Å². The van der Waals surface area contributed by atoms with Crippen molar-refractivity contribution in [1.29, 1.82) is 0 Å². The standard InChI is InChI=1S/C19H27NO2/c1-6-10-15-16(13-18(2,3)20-19(15,4)5)22-17(21)14-11-8-7-9-12-14/h6-9,11-12,15-16,20H,1,10,13H2,2-5H3. The molecule has 1 fully saturated rings. The second-order valence-electron chi connectivity index (χ2n) is 7.38. The zero-order valence-electron chi connectivity index (χ0n) is 14.1. The van der Waals surface area contributed by atoms with Crippen molar-refractivity contribution in [2.24, 2.45) is 5.92 Å². The highest BCUT2D eigenvalue weighted by Gasteiger charge is 2.46. The van der Waals surface area contributed by atoms with Gasteiger partial charge in [-0.1, -0.05) is 24.3 Å². The van der Waals surface area contributed by atoms with Gasteiger partial charge in [-0.25, -0.2) is 4.79 Å². The van der Waals surface area contributed by atoms with Gasteiger partial charge in [0.1, 0.15) is 6.10 Å². The van der Waals surface area contributed by atoms with Gasteiger partial charge < -0.3 is 10.1 Å². The van der Waals surface area contributed by atoms with Crippen molar-refractivity contribution in [2.45, 2.75) is 57.7 Å². The maximum Gasteiger partial charge on any atom is 0.338 e. The van der Waals surface area contributed by atoms with E-state index in [-0.39, 0.29) is 29.1 Å². The molecule has 1 N–H and O–H groups in total. The van der Waals surface area contributed by atoms with E-state index >= 15 is 0 Å². The zero-order valence-corrected chi connectivity index (χ0v) is 14.1. The molecule has 2 unspecified atom stereocenters. The number of hydrogen-bond donors (Lipinski definition) is 1. The highest BCUT2D eigenvalue weighted by atomic mass is 16.5. The molecule has 0 aliphatic carbocycles. The van der Waals surface area contributed by atoms with Crippen molar-refractivity contribution in [3.05, 3.63) is 48.6 Å². The topological polar surface area (TPSA) is 38.3 Å². The lowest BCUT2D eigenvalue weighted by Crippen LogP contribution is -2.65. The van der Waals surface area contributed by atoms with Crippen LogP contribution in [0.4, 0.5) is 0 Å². The van der Waals surface area contributed by atoms with E-state index in [1.54, 1.807) is 12.1 Å². The highest BCUT2D eigenvalue weighted by molar-refractivity contribution is 5.89. The SMILES string of the molecule is C=CCC1C(OC(=O)c2ccccc2)CC(C)(C)NC1(C)C. The summed E-state index contributed by atoms with van der Waals surface area (Å²) >= 11 is 0. The number of carbonyl (C=O) groups excluding carboxylic acids is 1. The molecule has 1 aliphatic heterocycles. The zero-order chi connectivity index (χ0) is 16.4. The van der Waals surface area contributed by atoms with E-state index in [4.69, 9.17) is 4.74 Å². The molecule has 1 aliphatic rings. The van der Waals surface area contributed by atoms with Gasteiger partial charge in [0.15, 0.2) is 0 Å². The molecule has 0 bridgehead atoms. The fourth-order valence-electron chi connectivity index (χ4n) is 3.66. The van der Waals surface area contributed by atoms with Crippen molar-refractivity contribution >= 4 is 5.97 Å². The van der Waals surface area contributed by atoms with E-state index in [1.165, 1.54) is 0 Å². The third-order valence-electron chi connectivity index (χ3n) is 4.44. The van der Waals surface area contributed by atoms with Crippen molar-refractivity contribution < 1.29 is 9.53 Å². The average Bonchev–Trinajstić information content (AvgIpc) is 2.42. The van der Waals surface area contributed by atoms with Crippen LogP contribution in [0, 0.1) is 5.92 Å². The van der Waals surface area contributed by atoms with Gasteiger partial charge in [-0.05, 0) is 46.2 Å². The third-order valence-corrected chi connectivity index (χ3v) is 4.44. The molecule has 0 radical (unpaired) electrons. The Bertz CT molecular complexity index is 534. The minimum absolute atomic E-state index is 0.0667. The quantitative estimate of drug-likeness (QED) is 0.676. The molecule has 0 spiro atoms. The molecule has 1 heterocycles. The average molecular weight is 301 g/mol. The summed E-state index contributed by atoms with van der Waals surface area (Å²) in [6.07, 6.45) is 3.42. The fraction of sp³-hybridized carbons (Fsp3) is 0.526. The normalized spacial score (nSPS) is 26.2. The van der Waals surface area contributed by atoms with Gasteiger partial charge in [-0.3, -0.25) is 0 Å². The fourth-order valence-corrected chi connectivity index (χ4v) is 3.66. The van der Waals surface area contributed by atoms with E-state index in [0.717, 1.165) is 12.8 Å². The van der Waals surface area contributed by atoms with Gasteiger partial charge in [-0.2, -0.15) is 0 Å². The first-order valence-electron chi connectivity index (χ1n) is 7.91. The molecule has 120 valence electrons. The Labute approximate surface area is 133 Å². The summed E-state index contributed by atoms with van der Waals surface area (Å²) in [7, 11) is 0. The smallest absolute Gasteiger partial charge is 0.338 e. The van der Waals surface area contributed by atoms with Gasteiger partial charge in [-0.15, -0.1) is 6.58 Å². The monoisotopic (exact) mass is 301 g/mol. The number of benzene rings is 1. The van der Waals surface area contributed by atoms with Gasteiger partial charge in [0.25, 0.3) is 0 Å². The van der Waals surface area contributed by atoms with Crippen LogP contribution in [0.3, 0.4) is 0 Å². The van der Waals surface area contributed by atoms with Crippen molar-refractivity contribution in [2.75, 3.05) is 0 Å². The van der Waals surface area contributed by atoms with Gasteiger partial charge >= 0.3 is 5.97 Å². The summed E-state index contributed by atoms with van der Waals surface area (Å²) < 4.78 is 5.89. The predicted octanol–water partition coefficient (Wildman–Crippen LogP) is 3.95. The molecule has 1 aromatic carbocycles. The van der Waals surface area contributed by atoms with Crippen LogP contribution >= 0.6 is 0 Å². The molecule has 1 saturated heterocycles. The Morgan fingerprint density at radius 3 is 2.55 bits per heavy atom. The molecular formula is C19H27NO2. The van der Waals surface area contributed by atoms with Crippen LogP contribution in [0.5, 0.6) is 0 Å². The van der Waals surface area contributed by atoms with Crippen molar-refractivity contribution in [3.8, 4) is 0 Å². The summed E-state index contributed by atoms with van der Waals surface area (Å²) in [6, 6.07) is 9.20. The Morgan fingerprint density at radius 1 is 1.32 bits per heavy atom. The predicted molar refractivity (Wildman–Crippen MR) is 89.9 cm³/mol. The van der Waals surface area contributed by atoms with Crippen LogP contribution in [0.25, 0.3) is 0 Å². The third kappa shape index (κ3) is 3.77. The Balaban J connectivity index is 2.21. The van der Waals surface area contributed by atoms with Crippen LogP contribution in [0.1, 0.15) is 50.9 Å². The molecular weight excluding hydrogens is 274 g/mol. The summed E-state index contributed by atoms with van der Waals surface area (Å²) in [5, 5.41) is 3.67. The maximum absolute atomic E-state index is 12.4. The number of ether oxygens (including phenoxy) is 1. The minimum atomic E-state index is -0.242. The Hall–Kier alpha value is -1.61. The molecule has 2 rings (SSSR count). The molecule has 0 saturated carbocycles. The van der Waals surface area contributed by atoms with Gasteiger partial charge in [0, 0.05) is 23.4 Å². The lowest BCUT2D eigenvalue weighted by Gasteiger charge is -2.51. The van der Waals surface area contributed by atoms with Crippen molar-refractivity contribution in [1.82, 2.24) is 5.32 Å². The minimum Gasteiger partial charge on any atom is -0.458 e. The van der Waals surface area contributed by atoms with Crippen LogP contribution in [0.15, 0.2) is 43.0 Å². The molecule has 1 aromatic rings. The Kier molecular flexibility index (Phi) is 4.76. The van der Waals surface area contributed by atoms with Crippen molar-refractivity contribution in [3.63, 3.8) is 0 Å². The number of hydrogen-bond acceptors (Lipinski definition) is 3. The first kappa shape index (κ1) is 16.8. The molecule has 3 heteroatoms. The second-order valence-corrected chi connectivity index (χ2v) is 7.38. The number of piperidine rings is 1. The lowest BCUT2D eigenvalue weighted by molar-refractivity contribution is -0.0435. The van der Waals surface area contributed by atoms with E-state index in [0.29, 0.717) is 5.56 Å². The molecule has 2 atom stereocenters. The summed E-state index contributed by atoms with van der Waals surface area (Å²) in [5.74, 6) is -0.0288.